The number of halogens is 2. The molecule has 1 N–H and O–H groups in total. The molecule has 7 nitrogen and oxygen atoms in total. The first-order chi connectivity index (χ1) is 14.3. The third-order valence-corrected chi connectivity index (χ3v) is 4.64. The van der Waals surface area contributed by atoms with Gasteiger partial charge in [0.2, 0.25) is 0 Å². The Morgan fingerprint density at radius 3 is 2.67 bits per heavy atom. The van der Waals surface area contributed by atoms with Crippen molar-refractivity contribution >= 4 is 16.9 Å². The lowest BCUT2D eigenvalue weighted by Gasteiger charge is -2.12. The minimum atomic E-state index is -2.95. The second-order valence-electron chi connectivity index (χ2n) is 7.09. The number of nitrogens with one attached hydrogen (secondary N) is 1. The van der Waals surface area contributed by atoms with E-state index in [-0.39, 0.29) is 23.4 Å². The summed E-state index contributed by atoms with van der Waals surface area (Å²) < 4.78 is 36.4. The maximum atomic E-state index is 12.6. The first-order valence-corrected chi connectivity index (χ1v) is 9.55. The molecule has 0 atom stereocenters. The van der Waals surface area contributed by atoms with E-state index < -0.39 is 6.61 Å². The molecule has 0 radical (unpaired) electrons. The van der Waals surface area contributed by atoms with Crippen LogP contribution < -0.4 is 14.8 Å². The molecule has 0 aliphatic carbocycles. The molecule has 3 aromatic rings. The van der Waals surface area contributed by atoms with Crippen LogP contribution in [0.25, 0.3) is 11.0 Å². The summed E-state index contributed by atoms with van der Waals surface area (Å²) in [6.45, 7) is 3.19. The number of amides is 1. The highest BCUT2D eigenvalue weighted by Crippen LogP contribution is 2.29. The summed E-state index contributed by atoms with van der Waals surface area (Å²) in [6.07, 6.45) is 2.13. The summed E-state index contributed by atoms with van der Waals surface area (Å²) in [7, 11) is 1.38. The number of nitrogens with zero attached hydrogens (tertiary/aromatic N) is 3. The second kappa shape index (κ2) is 9.06. The smallest absolute Gasteiger partial charge is 0.387 e. The predicted molar refractivity (Wildman–Crippen MR) is 108 cm³/mol. The van der Waals surface area contributed by atoms with E-state index >= 15 is 0 Å². The number of fused-ring (bicyclic) bond motifs is 1. The summed E-state index contributed by atoms with van der Waals surface area (Å²) in [5.41, 5.74) is 2.56. The number of hydrogen-bond donors (Lipinski definition) is 1. The zero-order valence-corrected chi connectivity index (χ0v) is 17.3. The van der Waals surface area contributed by atoms with Crippen molar-refractivity contribution in [3.05, 3.63) is 47.3 Å². The third kappa shape index (κ3) is 4.67. The molecule has 0 saturated carbocycles. The van der Waals surface area contributed by atoms with Crippen LogP contribution in [0.4, 0.5) is 8.78 Å². The topological polar surface area (TPSA) is 78.3 Å². The summed E-state index contributed by atoms with van der Waals surface area (Å²) in [5, 5.41) is 7.97. The first-order valence-electron chi connectivity index (χ1n) is 9.55. The maximum absolute atomic E-state index is 12.6. The summed E-state index contributed by atoms with van der Waals surface area (Å²) >= 11 is 0. The van der Waals surface area contributed by atoms with Crippen molar-refractivity contribution in [2.45, 2.75) is 39.8 Å². The number of carbonyl (C=O) groups is 1. The SMILES string of the molecule is COc1ccc(CCNC(=O)c2cc3cnn(C(C)C)c3nc2C)cc1OC(F)F. The van der Waals surface area contributed by atoms with Crippen LogP contribution in [0.1, 0.15) is 41.5 Å². The molecule has 3 rings (SSSR count). The number of hydrogen-bond acceptors (Lipinski definition) is 5. The molecule has 0 bridgehead atoms. The molecule has 0 fully saturated rings. The predicted octanol–water partition coefficient (Wildman–Crippen LogP) is 3.90. The summed E-state index contributed by atoms with van der Waals surface area (Å²) in [6, 6.07) is 6.72. The molecule has 2 aromatic heterocycles. The Kier molecular flexibility index (Phi) is 6.49. The van der Waals surface area contributed by atoms with Gasteiger partial charge in [-0.2, -0.15) is 13.9 Å². The van der Waals surface area contributed by atoms with Crippen molar-refractivity contribution < 1.29 is 23.0 Å². The van der Waals surface area contributed by atoms with E-state index in [1.807, 2.05) is 18.5 Å². The minimum Gasteiger partial charge on any atom is -0.493 e. The van der Waals surface area contributed by atoms with Gasteiger partial charge in [-0.05, 0) is 51.0 Å². The van der Waals surface area contributed by atoms with Crippen LogP contribution in [-0.2, 0) is 6.42 Å². The fraction of sp³-hybridized carbons (Fsp3) is 0.381. The van der Waals surface area contributed by atoms with Crippen LogP contribution in [0.5, 0.6) is 11.5 Å². The van der Waals surface area contributed by atoms with E-state index in [4.69, 9.17) is 4.74 Å². The van der Waals surface area contributed by atoms with Gasteiger partial charge in [-0.3, -0.25) is 4.79 Å². The quantitative estimate of drug-likeness (QED) is 0.600. The fourth-order valence-corrected chi connectivity index (χ4v) is 3.15. The van der Waals surface area contributed by atoms with Crippen LogP contribution in [0, 0.1) is 6.92 Å². The van der Waals surface area contributed by atoms with Crippen molar-refractivity contribution in [2.75, 3.05) is 13.7 Å². The molecule has 0 aliphatic rings. The maximum Gasteiger partial charge on any atom is 0.387 e. The number of benzene rings is 1. The molecular weight excluding hydrogens is 394 g/mol. The monoisotopic (exact) mass is 418 g/mol. The Labute approximate surface area is 173 Å². The van der Waals surface area contributed by atoms with Crippen molar-refractivity contribution in [1.29, 1.82) is 0 Å². The van der Waals surface area contributed by atoms with Crippen molar-refractivity contribution in [3.8, 4) is 11.5 Å². The number of ether oxygens (including phenoxy) is 2. The van der Waals surface area contributed by atoms with Crippen molar-refractivity contribution in [2.24, 2.45) is 0 Å². The lowest BCUT2D eigenvalue weighted by Crippen LogP contribution is -2.26. The zero-order valence-electron chi connectivity index (χ0n) is 17.3. The Morgan fingerprint density at radius 2 is 2.00 bits per heavy atom. The van der Waals surface area contributed by atoms with Gasteiger partial charge in [0, 0.05) is 18.0 Å². The molecule has 0 saturated heterocycles. The molecule has 1 amide bonds. The van der Waals surface area contributed by atoms with E-state index in [0.717, 1.165) is 16.6 Å². The van der Waals surface area contributed by atoms with E-state index in [1.165, 1.54) is 13.2 Å². The summed E-state index contributed by atoms with van der Waals surface area (Å²) in [4.78, 5) is 17.2. The lowest BCUT2D eigenvalue weighted by molar-refractivity contribution is -0.0512. The average molecular weight is 418 g/mol. The second-order valence-corrected chi connectivity index (χ2v) is 7.09. The van der Waals surface area contributed by atoms with Gasteiger partial charge in [0.15, 0.2) is 17.1 Å². The molecule has 0 unspecified atom stereocenters. The number of aryl methyl sites for hydroxylation is 1. The fourth-order valence-electron chi connectivity index (χ4n) is 3.15. The van der Waals surface area contributed by atoms with E-state index in [0.29, 0.717) is 24.2 Å². The van der Waals surface area contributed by atoms with Crippen LogP contribution in [0.2, 0.25) is 0 Å². The number of rotatable bonds is 8. The highest BCUT2D eigenvalue weighted by atomic mass is 19.3. The van der Waals surface area contributed by atoms with Crippen molar-refractivity contribution in [3.63, 3.8) is 0 Å². The minimum absolute atomic E-state index is 0.0380. The number of aromatic nitrogens is 3. The molecule has 160 valence electrons. The zero-order chi connectivity index (χ0) is 21.8. The third-order valence-electron chi connectivity index (χ3n) is 4.64. The van der Waals surface area contributed by atoms with Crippen molar-refractivity contribution in [1.82, 2.24) is 20.1 Å². The first kappa shape index (κ1) is 21.5. The molecule has 0 spiro atoms. The number of pyridine rings is 1. The van der Waals surface area contributed by atoms with Gasteiger partial charge >= 0.3 is 6.61 Å². The largest absolute Gasteiger partial charge is 0.493 e. The number of alkyl halides is 2. The standard InChI is InChI=1S/C21H24F2N4O3/c1-12(2)27-19-15(11-25-27)10-16(13(3)26-19)20(28)24-8-7-14-5-6-17(29-4)18(9-14)30-21(22)23/h5-6,9-12,21H,7-8H2,1-4H3,(H,24,28). The van der Waals surface area contributed by atoms with Crippen LogP contribution in [0.15, 0.2) is 30.5 Å². The summed E-state index contributed by atoms with van der Waals surface area (Å²) in [5.74, 6) is -0.0687. The Morgan fingerprint density at radius 1 is 1.23 bits per heavy atom. The highest BCUT2D eigenvalue weighted by Gasteiger charge is 2.16. The molecular formula is C21H24F2N4O3. The Balaban J connectivity index is 1.68. The lowest BCUT2D eigenvalue weighted by atomic mass is 10.1. The van der Waals surface area contributed by atoms with Gasteiger partial charge in [-0.1, -0.05) is 6.07 Å². The number of carbonyl (C=O) groups excluding carboxylic acids is 1. The van der Waals surface area contributed by atoms with Gasteiger partial charge in [0.05, 0.1) is 24.6 Å². The normalized spacial score (nSPS) is 11.3. The molecule has 1 aromatic carbocycles. The van der Waals surface area contributed by atoms with Gasteiger partial charge in [0.1, 0.15) is 0 Å². The molecule has 9 heteroatoms. The molecule has 2 heterocycles. The van der Waals surface area contributed by atoms with Crippen LogP contribution in [-0.4, -0.2) is 40.9 Å². The molecule has 0 aliphatic heterocycles. The van der Waals surface area contributed by atoms with Gasteiger partial charge in [0.25, 0.3) is 5.91 Å². The molecule has 30 heavy (non-hydrogen) atoms. The average Bonchev–Trinajstić information content (AvgIpc) is 3.10. The van der Waals surface area contributed by atoms with Gasteiger partial charge in [-0.15, -0.1) is 0 Å². The van der Waals surface area contributed by atoms with Crippen LogP contribution >= 0.6 is 0 Å². The number of methoxy groups -OCH3 is 1. The van der Waals surface area contributed by atoms with Gasteiger partial charge < -0.3 is 14.8 Å². The Bertz CT molecular complexity index is 1050. The van der Waals surface area contributed by atoms with E-state index in [2.05, 4.69) is 20.1 Å². The van der Waals surface area contributed by atoms with Crippen LogP contribution in [0.3, 0.4) is 0 Å². The highest BCUT2D eigenvalue weighted by molar-refractivity contribution is 5.98. The van der Waals surface area contributed by atoms with Gasteiger partial charge in [-0.25, -0.2) is 9.67 Å². The Hall–Kier alpha value is -3.23. The van der Waals surface area contributed by atoms with E-state index in [9.17, 15) is 13.6 Å². The van der Waals surface area contributed by atoms with E-state index in [1.54, 1.807) is 31.3 Å².